The van der Waals surface area contributed by atoms with Gasteiger partial charge in [-0.1, -0.05) is 13.8 Å². The van der Waals surface area contributed by atoms with E-state index in [-0.39, 0.29) is 12.5 Å². The van der Waals surface area contributed by atoms with Gasteiger partial charge in [-0.05, 0) is 51.5 Å². The minimum atomic E-state index is -0.842. The van der Waals surface area contributed by atoms with E-state index in [2.05, 4.69) is 10.6 Å². The Kier molecular flexibility index (Phi) is 11.7. The van der Waals surface area contributed by atoms with Gasteiger partial charge >= 0.3 is 6.09 Å². The van der Waals surface area contributed by atoms with Gasteiger partial charge in [0.15, 0.2) is 0 Å². The largest absolute Gasteiger partial charge is 0.444 e. The number of likely N-dealkylation sites (N-methyl/N-ethyl adjacent to an activating group) is 1. The van der Waals surface area contributed by atoms with Crippen LogP contribution >= 0.6 is 11.8 Å². The summed E-state index contributed by atoms with van der Waals surface area (Å²) in [7, 11) is 1.44. The quantitative estimate of drug-likeness (QED) is 0.448. The molecule has 0 unspecified atom stereocenters. The molecule has 29 heavy (non-hydrogen) atoms. The van der Waals surface area contributed by atoms with Crippen molar-refractivity contribution in [3.05, 3.63) is 0 Å². The molecule has 0 spiro atoms. The number of carbonyl (C=O) groups excluding carboxylic acids is 4. The molecule has 4 N–H and O–H groups in total. The summed E-state index contributed by atoms with van der Waals surface area (Å²) in [5.41, 5.74) is 4.69. The number of nitrogens with one attached hydrogen (secondary N) is 2. The van der Waals surface area contributed by atoms with Gasteiger partial charge in [-0.3, -0.25) is 14.4 Å². The average molecular weight is 433 g/mol. The Balaban J connectivity index is 5.00. The first-order chi connectivity index (χ1) is 13.3. The van der Waals surface area contributed by atoms with Gasteiger partial charge in [-0.2, -0.15) is 11.8 Å². The molecular weight excluding hydrogens is 396 g/mol. The maximum absolute atomic E-state index is 12.7. The highest BCUT2D eigenvalue weighted by atomic mass is 32.2. The van der Waals surface area contributed by atoms with E-state index in [9.17, 15) is 19.2 Å². The highest BCUT2D eigenvalue weighted by Gasteiger charge is 2.27. The van der Waals surface area contributed by atoms with Crippen LogP contribution in [-0.4, -0.2) is 72.0 Å². The molecule has 0 bridgehead atoms. The molecule has 0 heterocycles. The molecule has 0 rings (SSSR count). The van der Waals surface area contributed by atoms with Gasteiger partial charge in [0.2, 0.25) is 17.7 Å². The van der Waals surface area contributed by atoms with Crippen LogP contribution in [0.25, 0.3) is 0 Å². The van der Waals surface area contributed by atoms with Crippen LogP contribution in [0.2, 0.25) is 0 Å². The number of nitrogens with two attached hydrogens (primary N) is 1. The molecular formula is C19H36N4O5S. The second kappa shape index (κ2) is 12.6. The Hall–Kier alpha value is -1.97. The molecule has 0 saturated heterocycles. The molecule has 2 atom stereocenters. The summed E-state index contributed by atoms with van der Waals surface area (Å²) in [6, 6.07) is -1.64. The van der Waals surface area contributed by atoms with E-state index < -0.39 is 41.5 Å². The van der Waals surface area contributed by atoms with Crippen LogP contribution in [0.3, 0.4) is 0 Å². The average Bonchev–Trinajstić information content (AvgIpc) is 2.55. The summed E-state index contributed by atoms with van der Waals surface area (Å²) in [6.07, 6.45) is 2.04. The van der Waals surface area contributed by atoms with Gasteiger partial charge in [-0.25, -0.2) is 4.79 Å². The third kappa shape index (κ3) is 12.2. The highest BCUT2D eigenvalue weighted by Crippen LogP contribution is 2.10. The maximum atomic E-state index is 12.7. The van der Waals surface area contributed by atoms with Crippen LogP contribution in [0.4, 0.5) is 4.79 Å². The van der Waals surface area contributed by atoms with Crippen molar-refractivity contribution in [2.24, 2.45) is 11.7 Å². The fourth-order valence-electron chi connectivity index (χ4n) is 2.36. The topological polar surface area (TPSA) is 131 Å². The molecule has 168 valence electrons. The van der Waals surface area contributed by atoms with Crippen LogP contribution < -0.4 is 16.4 Å². The predicted octanol–water partition coefficient (Wildman–Crippen LogP) is 1.11. The van der Waals surface area contributed by atoms with Gasteiger partial charge in [-0.15, -0.1) is 0 Å². The van der Waals surface area contributed by atoms with Crippen molar-refractivity contribution in [3.8, 4) is 0 Å². The standard InChI is InChI=1S/C19H36N4O5S/c1-12(2)10-14(17(26)22-13(16(20)25)8-9-29-7)21-15(24)11-23(6)18(27)28-19(3,4)5/h12-14H,8-11H2,1-7H3,(H2,20,25)(H,21,24)(H,22,26)/t13-,14-/m0/s1. The number of amides is 4. The Morgan fingerprint density at radius 3 is 2.14 bits per heavy atom. The predicted molar refractivity (Wildman–Crippen MR) is 114 cm³/mol. The number of carbonyl (C=O) groups is 4. The first kappa shape index (κ1) is 27.0. The van der Waals surface area contributed by atoms with Gasteiger partial charge < -0.3 is 26.0 Å². The summed E-state index contributed by atoms with van der Waals surface area (Å²) in [5.74, 6) is -0.814. The van der Waals surface area contributed by atoms with Crippen molar-refractivity contribution in [2.45, 2.75) is 65.1 Å². The van der Waals surface area contributed by atoms with E-state index in [4.69, 9.17) is 10.5 Å². The SMILES string of the molecule is CSCC[C@H](NC(=O)[C@H](CC(C)C)NC(=O)CN(C)C(=O)OC(C)(C)C)C(N)=O. The van der Waals surface area contributed by atoms with Gasteiger partial charge in [0.05, 0.1) is 0 Å². The second-order valence-corrected chi connectivity index (χ2v) is 9.32. The van der Waals surface area contributed by atoms with Crippen molar-refractivity contribution in [1.82, 2.24) is 15.5 Å². The third-order valence-corrected chi connectivity index (χ3v) is 4.36. The minimum absolute atomic E-state index is 0.118. The molecule has 0 aliphatic heterocycles. The van der Waals surface area contributed by atoms with E-state index in [1.165, 1.54) is 18.8 Å². The fourth-order valence-corrected chi connectivity index (χ4v) is 2.83. The Bertz CT molecular complexity index is 577. The molecule has 10 heteroatoms. The number of rotatable bonds is 11. The molecule has 0 aliphatic carbocycles. The van der Waals surface area contributed by atoms with Crippen molar-refractivity contribution >= 4 is 35.6 Å². The first-order valence-corrected chi connectivity index (χ1v) is 11.0. The van der Waals surface area contributed by atoms with Crippen molar-refractivity contribution in [3.63, 3.8) is 0 Å². The Morgan fingerprint density at radius 2 is 1.69 bits per heavy atom. The Morgan fingerprint density at radius 1 is 1.10 bits per heavy atom. The van der Waals surface area contributed by atoms with Crippen LogP contribution in [0.5, 0.6) is 0 Å². The lowest BCUT2D eigenvalue weighted by Gasteiger charge is -2.26. The van der Waals surface area contributed by atoms with Crippen LogP contribution in [0.15, 0.2) is 0 Å². The van der Waals surface area contributed by atoms with Crippen molar-refractivity contribution in [2.75, 3.05) is 25.6 Å². The molecule has 0 aromatic heterocycles. The molecule has 0 aromatic carbocycles. The Labute approximate surface area is 177 Å². The lowest BCUT2D eigenvalue weighted by atomic mass is 10.0. The lowest BCUT2D eigenvalue weighted by Crippen LogP contribution is -2.54. The molecule has 0 aromatic rings. The van der Waals surface area contributed by atoms with Crippen LogP contribution in [-0.2, 0) is 19.1 Å². The monoisotopic (exact) mass is 432 g/mol. The first-order valence-electron chi connectivity index (χ1n) is 9.59. The smallest absolute Gasteiger partial charge is 0.410 e. The molecule has 0 aliphatic rings. The summed E-state index contributed by atoms with van der Waals surface area (Å²) in [4.78, 5) is 49.8. The van der Waals surface area contributed by atoms with Crippen molar-refractivity contribution < 1.29 is 23.9 Å². The molecule has 0 radical (unpaired) electrons. The van der Waals surface area contributed by atoms with Crippen molar-refractivity contribution in [1.29, 1.82) is 0 Å². The number of nitrogens with zero attached hydrogens (tertiary/aromatic N) is 1. The number of ether oxygens (including phenoxy) is 1. The minimum Gasteiger partial charge on any atom is -0.444 e. The van der Waals surface area contributed by atoms with E-state index in [0.29, 0.717) is 18.6 Å². The lowest BCUT2D eigenvalue weighted by molar-refractivity contribution is -0.132. The number of primary amides is 1. The zero-order chi connectivity index (χ0) is 22.8. The second-order valence-electron chi connectivity index (χ2n) is 8.33. The zero-order valence-corrected chi connectivity index (χ0v) is 19.4. The van der Waals surface area contributed by atoms with Gasteiger partial charge in [0.1, 0.15) is 24.2 Å². The number of hydrogen-bond donors (Lipinski definition) is 3. The summed E-state index contributed by atoms with van der Waals surface area (Å²) < 4.78 is 5.21. The third-order valence-electron chi connectivity index (χ3n) is 3.72. The van der Waals surface area contributed by atoms with Gasteiger partial charge in [0, 0.05) is 7.05 Å². The summed E-state index contributed by atoms with van der Waals surface area (Å²) in [6.45, 7) is 8.76. The molecule has 9 nitrogen and oxygen atoms in total. The van der Waals surface area contributed by atoms with Crippen LogP contribution in [0, 0.1) is 5.92 Å². The normalized spacial score (nSPS) is 13.4. The van der Waals surface area contributed by atoms with E-state index in [0.717, 1.165) is 4.90 Å². The van der Waals surface area contributed by atoms with E-state index >= 15 is 0 Å². The van der Waals surface area contributed by atoms with E-state index in [1.54, 1.807) is 20.8 Å². The van der Waals surface area contributed by atoms with Crippen LogP contribution in [0.1, 0.15) is 47.5 Å². The zero-order valence-electron chi connectivity index (χ0n) is 18.5. The summed E-state index contributed by atoms with van der Waals surface area (Å²) >= 11 is 1.54. The highest BCUT2D eigenvalue weighted by molar-refractivity contribution is 7.98. The molecule has 0 saturated carbocycles. The maximum Gasteiger partial charge on any atom is 0.410 e. The van der Waals surface area contributed by atoms with Gasteiger partial charge in [0.25, 0.3) is 0 Å². The molecule has 0 fully saturated rings. The fraction of sp³-hybridized carbons (Fsp3) is 0.789. The summed E-state index contributed by atoms with van der Waals surface area (Å²) in [5, 5.41) is 5.26. The number of thioether (sulfide) groups is 1. The molecule has 4 amide bonds. The number of hydrogen-bond acceptors (Lipinski definition) is 6. The van der Waals surface area contributed by atoms with E-state index in [1.807, 2.05) is 20.1 Å².